The molecule has 0 aliphatic heterocycles. The van der Waals surface area contributed by atoms with E-state index in [1.165, 1.54) is 16.9 Å². The molecule has 0 saturated heterocycles. The van der Waals surface area contributed by atoms with E-state index in [2.05, 4.69) is 10.3 Å². The van der Waals surface area contributed by atoms with Crippen LogP contribution in [0.2, 0.25) is 0 Å². The zero-order valence-corrected chi connectivity index (χ0v) is 13.6. The zero-order chi connectivity index (χ0) is 15.4. The summed E-state index contributed by atoms with van der Waals surface area (Å²) >= 11 is 1.42. The Labute approximate surface area is 129 Å². The Morgan fingerprint density at radius 1 is 1.38 bits per heavy atom. The van der Waals surface area contributed by atoms with Crippen molar-refractivity contribution in [2.75, 3.05) is 5.32 Å². The average Bonchev–Trinajstić information content (AvgIpc) is 2.83. The molecule has 0 unspecified atom stereocenters. The normalized spacial score (nSPS) is 12.0. The standard InChI is InChI=1S/C16H20N2O2S/c1-5-13(15(19)18-16-17-12(4)9-21-16)20-14-7-6-10(2)8-11(14)3/h6-9,13H,5H2,1-4H3,(H,17,18,19)/t13-/m0/s1. The lowest BCUT2D eigenvalue weighted by atomic mass is 10.1. The number of rotatable bonds is 5. The molecule has 1 atom stereocenters. The second-order valence-electron chi connectivity index (χ2n) is 5.07. The molecule has 0 fully saturated rings. The van der Waals surface area contributed by atoms with Crippen LogP contribution in [0.15, 0.2) is 23.6 Å². The number of ether oxygens (including phenoxy) is 1. The summed E-state index contributed by atoms with van der Waals surface area (Å²) in [4.78, 5) is 16.5. The second-order valence-corrected chi connectivity index (χ2v) is 5.93. The van der Waals surface area contributed by atoms with Crippen LogP contribution in [0.4, 0.5) is 5.13 Å². The largest absolute Gasteiger partial charge is 0.480 e. The summed E-state index contributed by atoms with van der Waals surface area (Å²) in [5.74, 6) is 0.588. The number of anilines is 1. The highest BCUT2D eigenvalue weighted by Crippen LogP contribution is 2.22. The van der Waals surface area contributed by atoms with Crippen molar-refractivity contribution in [3.63, 3.8) is 0 Å². The van der Waals surface area contributed by atoms with Crippen molar-refractivity contribution < 1.29 is 9.53 Å². The van der Waals surface area contributed by atoms with E-state index in [0.717, 1.165) is 17.0 Å². The SMILES string of the molecule is CC[C@H](Oc1ccc(C)cc1C)C(=O)Nc1nc(C)cs1. The van der Waals surface area contributed by atoms with Gasteiger partial charge < -0.3 is 4.74 Å². The van der Waals surface area contributed by atoms with Crippen molar-refractivity contribution in [3.8, 4) is 5.75 Å². The topological polar surface area (TPSA) is 51.2 Å². The Hall–Kier alpha value is -1.88. The van der Waals surface area contributed by atoms with Gasteiger partial charge in [-0.3, -0.25) is 10.1 Å². The molecular formula is C16H20N2O2S. The lowest BCUT2D eigenvalue weighted by molar-refractivity contribution is -0.122. The maximum Gasteiger partial charge on any atom is 0.267 e. The molecule has 0 radical (unpaired) electrons. The third-order valence-corrected chi connectivity index (χ3v) is 3.99. The molecule has 1 heterocycles. The fourth-order valence-electron chi connectivity index (χ4n) is 2.00. The van der Waals surface area contributed by atoms with Gasteiger partial charge in [0.15, 0.2) is 11.2 Å². The molecule has 21 heavy (non-hydrogen) atoms. The Morgan fingerprint density at radius 3 is 2.71 bits per heavy atom. The van der Waals surface area contributed by atoms with Crippen LogP contribution in [0.1, 0.15) is 30.2 Å². The maximum atomic E-state index is 12.3. The van der Waals surface area contributed by atoms with E-state index in [-0.39, 0.29) is 5.91 Å². The molecule has 2 aromatic rings. The average molecular weight is 304 g/mol. The lowest BCUT2D eigenvalue weighted by Gasteiger charge is -2.18. The number of benzene rings is 1. The molecule has 0 spiro atoms. The van der Waals surface area contributed by atoms with Crippen molar-refractivity contribution in [3.05, 3.63) is 40.4 Å². The van der Waals surface area contributed by atoms with Gasteiger partial charge in [-0.05, 0) is 38.8 Å². The third-order valence-electron chi connectivity index (χ3n) is 3.11. The van der Waals surface area contributed by atoms with Crippen molar-refractivity contribution >= 4 is 22.4 Å². The van der Waals surface area contributed by atoms with Crippen LogP contribution in [-0.2, 0) is 4.79 Å². The van der Waals surface area contributed by atoms with E-state index in [1.54, 1.807) is 0 Å². The summed E-state index contributed by atoms with van der Waals surface area (Å²) in [6.07, 6.45) is 0.0827. The number of nitrogens with zero attached hydrogens (tertiary/aromatic N) is 1. The number of thiazole rings is 1. The summed E-state index contributed by atoms with van der Waals surface area (Å²) < 4.78 is 5.86. The highest BCUT2D eigenvalue weighted by Gasteiger charge is 2.20. The number of nitrogens with one attached hydrogen (secondary N) is 1. The Morgan fingerprint density at radius 2 is 2.14 bits per heavy atom. The highest BCUT2D eigenvalue weighted by atomic mass is 32.1. The molecule has 4 nitrogen and oxygen atoms in total. The van der Waals surface area contributed by atoms with Gasteiger partial charge in [0.1, 0.15) is 5.75 Å². The molecule has 0 aliphatic rings. The number of carbonyl (C=O) groups excluding carboxylic acids is 1. The van der Waals surface area contributed by atoms with Gasteiger partial charge in [-0.15, -0.1) is 11.3 Å². The van der Waals surface area contributed by atoms with Crippen molar-refractivity contribution in [1.82, 2.24) is 4.98 Å². The van der Waals surface area contributed by atoms with Crippen molar-refractivity contribution in [2.45, 2.75) is 40.2 Å². The van der Waals surface area contributed by atoms with Crippen LogP contribution in [0.3, 0.4) is 0 Å². The quantitative estimate of drug-likeness (QED) is 0.912. The van der Waals surface area contributed by atoms with E-state index in [4.69, 9.17) is 4.74 Å². The fourth-order valence-corrected chi connectivity index (χ4v) is 2.70. The van der Waals surface area contributed by atoms with E-state index < -0.39 is 6.10 Å². The molecular weight excluding hydrogens is 284 g/mol. The van der Waals surface area contributed by atoms with Crippen LogP contribution < -0.4 is 10.1 Å². The Kier molecular flexibility index (Phi) is 4.96. The lowest BCUT2D eigenvalue weighted by Crippen LogP contribution is -2.32. The molecule has 0 aliphatic carbocycles. The number of hydrogen-bond acceptors (Lipinski definition) is 4. The van der Waals surface area contributed by atoms with E-state index in [1.807, 2.05) is 51.3 Å². The molecule has 1 amide bonds. The first kappa shape index (κ1) is 15.5. The number of amides is 1. The van der Waals surface area contributed by atoms with Gasteiger partial charge in [-0.25, -0.2) is 4.98 Å². The Balaban J connectivity index is 2.06. The first-order valence-electron chi connectivity index (χ1n) is 6.96. The number of aryl methyl sites for hydroxylation is 3. The van der Waals surface area contributed by atoms with Gasteiger partial charge in [-0.1, -0.05) is 24.6 Å². The summed E-state index contributed by atoms with van der Waals surface area (Å²) in [6, 6.07) is 5.94. The molecule has 2 rings (SSSR count). The first-order valence-corrected chi connectivity index (χ1v) is 7.84. The fraction of sp³-hybridized carbons (Fsp3) is 0.375. The molecule has 1 aromatic carbocycles. The zero-order valence-electron chi connectivity index (χ0n) is 12.8. The van der Waals surface area contributed by atoms with Gasteiger partial charge >= 0.3 is 0 Å². The molecule has 0 bridgehead atoms. The number of carbonyl (C=O) groups is 1. The van der Waals surface area contributed by atoms with Crippen LogP contribution in [0, 0.1) is 20.8 Å². The van der Waals surface area contributed by atoms with Gasteiger partial charge in [0, 0.05) is 5.38 Å². The van der Waals surface area contributed by atoms with Crippen LogP contribution >= 0.6 is 11.3 Å². The minimum Gasteiger partial charge on any atom is -0.480 e. The van der Waals surface area contributed by atoms with E-state index in [9.17, 15) is 4.79 Å². The molecule has 1 aromatic heterocycles. The van der Waals surface area contributed by atoms with E-state index >= 15 is 0 Å². The summed E-state index contributed by atoms with van der Waals surface area (Å²) in [7, 11) is 0. The predicted molar refractivity (Wildman–Crippen MR) is 86.1 cm³/mol. The second kappa shape index (κ2) is 6.72. The van der Waals surface area contributed by atoms with Crippen molar-refractivity contribution in [1.29, 1.82) is 0 Å². The van der Waals surface area contributed by atoms with Gasteiger partial charge in [0.05, 0.1) is 5.69 Å². The Bertz CT molecular complexity index is 637. The molecule has 112 valence electrons. The number of hydrogen-bond donors (Lipinski definition) is 1. The number of aromatic nitrogens is 1. The van der Waals surface area contributed by atoms with Gasteiger partial charge in [-0.2, -0.15) is 0 Å². The monoisotopic (exact) mass is 304 g/mol. The maximum absolute atomic E-state index is 12.3. The van der Waals surface area contributed by atoms with Crippen LogP contribution in [0.5, 0.6) is 5.75 Å². The molecule has 5 heteroatoms. The molecule has 1 N–H and O–H groups in total. The first-order chi connectivity index (χ1) is 9.99. The summed E-state index contributed by atoms with van der Waals surface area (Å²) in [6.45, 7) is 7.85. The minimum atomic E-state index is -0.518. The molecule has 0 saturated carbocycles. The minimum absolute atomic E-state index is 0.160. The highest BCUT2D eigenvalue weighted by molar-refractivity contribution is 7.13. The van der Waals surface area contributed by atoms with Crippen LogP contribution in [0.25, 0.3) is 0 Å². The smallest absolute Gasteiger partial charge is 0.267 e. The van der Waals surface area contributed by atoms with Crippen molar-refractivity contribution in [2.24, 2.45) is 0 Å². The van der Waals surface area contributed by atoms with E-state index in [0.29, 0.717) is 11.6 Å². The summed E-state index contributed by atoms with van der Waals surface area (Å²) in [5.41, 5.74) is 3.11. The van der Waals surface area contributed by atoms with Crippen LogP contribution in [-0.4, -0.2) is 17.0 Å². The van der Waals surface area contributed by atoms with Gasteiger partial charge in [0.2, 0.25) is 0 Å². The third kappa shape index (κ3) is 4.04. The predicted octanol–water partition coefficient (Wildman–Crippen LogP) is 3.86. The van der Waals surface area contributed by atoms with Gasteiger partial charge in [0.25, 0.3) is 5.91 Å². The summed E-state index contributed by atoms with van der Waals surface area (Å²) in [5, 5.41) is 5.32.